The Morgan fingerprint density at radius 1 is 1.07 bits per heavy atom. The molecule has 1 fully saturated rings. The van der Waals surface area contributed by atoms with Crippen molar-refractivity contribution < 1.29 is 9.90 Å². The monoisotopic (exact) mass is 361 g/mol. The molecule has 0 aliphatic carbocycles. The van der Waals surface area contributed by atoms with E-state index in [2.05, 4.69) is 54.4 Å². The van der Waals surface area contributed by atoms with E-state index in [0.717, 1.165) is 29.9 Å². The molecule has 0 saturated carbocycles. The molecule has 1 saturated heterocycles. The molecule has 0 radical (unpaired) electrons. The molecule has 4 rings (SSSR count). The number of hydrogen-bond acceptors (Lipinski definition) is 3. The van der Waals surface area contributed by atoms with Gasteiger partial charge in [-0.25, -0.2) is 0 Å². The summed E-state index contributed by atoms with van der Waals surface area (Å²) in [4.78, 5) is 13.2. The van der Waals surface area contributed by atoms with E-state index >= 15 is 0 Å². The number of hydrogen-bond donors (Lipinski definition) is 1. The van der Waals surface area contributed by atoms with Crippen LogP contribution < -0.4 is 0 Å². The molecule has 138 valence electrons. The maximum atomic E-state index is 11.1. The molecule has 5 heteroatoms. The highest BCUT2D eigenvalue weighted by molar-refractivity contribution is 5.71. The Morgan fingerprint density at radius 2 is 1.78 bits per heavy atom. The van der Waals surface area contributed by atoms with Gasteiger partial charge in [-0.3, -0.25) is 14.4 Å². The van der Waals surface area contributed by atoms with Crippen LogP contribution in [0.4, 0.5) is 0 Å². The van der Waals surface area contributed by atoms with Gasteiger partial charge in [0.2, 0.25) is 0 Å². The predicted molar refractivity (Wildman–Crippen MR) is 104 cm³/mol. The molecule has 1 aliphatic heterocycles. The van der Waals surface area contributed by atoms with Gasteiger partial charge < -0.3 is 5.11 Å². The lowest BCUT2D eigenvalue weighted by Crippen LogP contribution is -2.49. The van der Waals surface area contributed by atoms with E-state index in [1.165, 1.54) is 11.1 Å². The molecule has 5 nitrogen and oxygen atoms in total. The zero-order valence-electron chi connectivity index (χ0n) is 15.4. The van der Waals surface area contributed by atoms with E-state index in [9.17, 15) is 4.79 Å². The first-order valence-electron chi connectivity index (χ1n) is 9.21. The third-order valence-electron chi connectivity index (χ3n) is 5.05. The minimum atomic E-state index is -0.704. The highest BCUT2D eigenvalue weighted by atomic mass is 16.4. The number of nitrogens with zero attached hydrogens (tertiary/aromatic N) is 3. The SMILES string of the molecule is Cc1ccc(-c2nn(Cc3ccccc3)cc2CN2CC(C(=O)O)C2)cc1. The minimum Gasteiger partial charge on any atom is -0.481 e. The van der Waals surface area contributed by atoms with Crippen molar-refractivity contribution in [1.29, 1.82) is 0 Å². The lowest BCUT2D eigenvalue weighted by Gasteiger charge is -2.36. The standard InChI is InChI=1S/C22H23N3O2/c1-16-7-9-18(10-8-16)21-19(12-24-13-20(14-24)22(26)27)15-25(23-21)11-17-5-3-2-4-6-17/h2-10,15,20H,11-14H2,1H3,(H,26,27). The number of carboxylic acids is 1. The summed E-state index contributed by atoms with van der Waals surface area (Å²) in [5, 5.41) is 13.9. The van der Waals surface area contributed by atoms with Gasteiger partial charge in [0.05, 0.1) is 18.2 Å². The van der Waals surface area contributed by atoms with Crippen LogP contribution in [0, 0.1) is 12.8 Å². The molecule has 2 heterocycles. The third-order valence-corrected chi connectivity index (χ3v) is 5.05. The van der Waals surface area contributed by atoms with E-state index in [1.807, 2.05) is 22.9 Å². The molecule has 0 spiro atoms. The van der Waals surface area contributed by atoms with Gasteiger partial charge in [-0.15, -0.1) is 0 Å². The van der Waals surface area contributed by atoms with Crippen molar-refractivity contribution in [2.75, 3.05) is 13.1 Å². The normalized spacial score (nSPS) is 14.9. The van der Waals surface area contributed by atoms with Crippen LogP contribution in [0.3, 0.4) is 0 Å². The van der Waals surface area contributed by atoms with Crippen LogP contribution in [0.2, 0.25) is 0 Å². The first-order chi connectivity index (χ1) is 13.1. The Kier molecular flexibility index (Phi) is 4.77. The van der Waals surface area contributed by atoms with E-state index in [0.29, 0.717) is 13.1 Å². The van der Waals surface area contributed by atoms with Crippen LogP contribution in [-0.2, 0) is 17.9 Å². The molecule has 1 N–H and O–H groups in total. The fourth-order valence-corrected chi connectivity index (χ4v) is 3.48. The summed E-state index contributed by atoms with van der Waals surface area (Å²) in [6, 6.07) is 18.7. The van der Waals surface area contributed by atoms with Gasteiger partial charge >= 0.3 is 5.97 Å². The summed E-state index contributed by atoms with van der Waals surface area (Å²) in [6.07, 6.45) is 2.09. The summed E-state index contributed by atoms with van der Waals surface area (Å²) in [7, 11) is 0. The second-order valence-corrected chi connectivity index (χ2v) is 7.28. The molecular weight excluding hydrogens is 338 g/mol. The molecule has 0 unspecified atom stereocenters. The maximum Gasteiger partial charge on any atom is 0.309 e. The highest BCUT2D eigenvalue weighted by Gasteiger charge is 2.33. The number of aromatic nitrogens is 2. The van der Waals surface area contributed by atoms with E-state index in [1.54, 1.807) is 0 Å². The quantitative estimate of drug-likeness (QED) is 0.731. The van der Waals surface area contributed by atoms with Crippen molar-refractivity contribution in [2.45, 2.75) is 20.0 Å². The Bertz CT molecular complexity index is 926. The van der Waals surface area contributed by atoms with Crippen LogP contribution in [-0.4, -0.2) is 38.8 Å². The molecular formula is C22H23N3O2. The summed E-state index contributed by atoms with van der Waals surface area (Å²) in [5.41, 5.74) is 5.63. The first-order valence-corrected chi connectivity index (χ1v) is 9.21. The molecule has 0 amide bonds. The number of benzene rings is 2. The van der Waals surface area contributed by atoms with Gasteiger partial charge in [-0.05, 0) is 12.5 Å². The van der Waals surface area contributed by atoms with Crippen molar-refractivity contribution >= 4 is 5.97 Å². The second kappa shape index (κ2) is 7.37. The van der Waals surface area contributed by atoms with Gasteiger partial charge in [0.1, 0.15) is 0 Å². The molecule has 2 aromatic carbocycles. The smallest absolute Gasteiger partial charge is 0.309 e. The van der Waals surface area contributed by atoms with E-state index < -0.39 is 5.97 Å². The average molecular weight is 361 g/mol. The zero-order chi connectivity index (χ0) is 18.8. The average Bonchev–Trinajstić information content (AvgIpc) is 3.01. The Hall–Kier alpha value is -2.92. The number of aliphatic carboxylic acids is 1. The number of carboxylic acid groups (broad SMARTS) is 1. The largest absolute Gasteiger partial charge is 0.481 e. The van der Waals surface area contributed by atoms with Crippen LogP contribution in [0.25, 0.3) is 11.3 Å². The molecule has 0 bridgehead atoms. The van der Waals surface area contributed by atoms with Gasteiger partial charge in [-0.2, -0.15) is 5.10 Å². The van der Waals surface area contributed by atoms with Gasteiger partial charge in [-0.1, -0.05) is 60.2 Å². The van der Waals surface area contributed by atoms with Crippen molar-refractivity contribution in [3.05, 3.63) is 77.5 Å². The summed E-state index contributed by atoms with van der Waals surface area (Å²) in [5.74, 6) is -0.947. The van der Waals surface area contributed by atoms with E-state index in [-0.39, 0.29) is 5.92 Å². The lowest BCUT2D eigenvalue weighted by atomic mass is 9.99. The van der Waals surface area contributed by atoms with Crippen molar-refractivity contribution in [2.24, 2.45) is 5.92 Å². The molecule has 1 aromatic heterocycles. The van der Waals surface area contributed by atoms with Crippen molar-refractivity contribution in [1.82, 2.24) is 14.7 Å². The Balaban J connectivity index is 1.59. The third kappa shape index (κ3) is 3.93. The first kappa shape index (κ1) is 17.5. The van der Waals surface area contributed by atoms with Crippen LogP contribution in [0.5, 0.6) is 0 Å². The number of carbonyl (C=O) groups is 1. The highest BCUT2D eigenvalue weighted by Crippen LogP contribution is 2.27. The van der Waals surface area contributed by atoms with Crippen molar-refractivity contribution in [3.8, 4) is 11.3 Å². The summed E-state index contributed by atoms with van der Waals surface area (Å²) >= 11 is 0. The Morgan fingerprint density at radius 3 is 2.44 bits per heavy atom. The number of rotatable bonds is 6. The fourth-order valence-electron chi connectivity index (χ4n) is 3.48. The fraction of sp³-hybridized carbons (Fsp3) is 0.273. The van der Waals surface area contributed by atoms with Crippen LogP contribution >= 0.6 is 0 Å². The molecule has 3 aromatic rings. The molecule has 27 heavy (non-hydrogen) atoms. The summed E-state index contributed by atoms with van der Waals surface area (Å²) < 4.78 is 1.98. The second-order valence-electron chi connectivity index (χ2n) is 7.28. The number of likely N-dealkylation sites (tertiary alicyclic amines) is 1. The van der Waals surface area contributed by atoms with Gasteiger partial charge in [0.15, 0.2) is 0 Å². The minimum absolute atomic E-state index is 0.243. The van der Waals surface area contributed by atoms with Crippen LogP contribution in [0.15, 0.2) is 60.8 Å². The summed E-state index contributed by atoms with van der Waals surface area (Å²) in [6.45, 7) is 4.73. The van der Waals surface area contributed by atoms with Gasteiger partial charge in [0, 0.05) is 37.0 Å². The number of aryl methyl sites for hydroxylation is 1. The van der Waals surface area contributed by atoms with E-state index in [4.69, 9.17) is 10.2 Å². The lowest BCUT2D eigenvalue weighted by molar-refractivity contribution is -0.147. The topological polar surface area (TPSA) is 58.4 Å². The van der Waals surface area contributed by atoms with Crippen LogP contribution in [0.1, 0.15) is 16.7 Å². The zero-order valence-corrected chi connectivity index (χ0v) is 15.4. The molecule has 1 aliphatic rings. The van der Waals surface area contributed by atoms with Crippen molar-refractivity contribution in [3.63, 3.8) is 0 Å². The molecule has 0 atom stereocenters. The maximum absolute atomic E-state index is 11.1. The predicted octanol–water partition coefficient (Wildman–Crippen LogP) is 3.42. The Labute approximate surface area is 158 Å². The van der Waals surface area contributed by atoms with Gasteiger partial charge in [0.25, 0.3) is 0 Å².